The predicted octanol–water partition coefficient (Wildman–Crippen LogP) is 4.71. The average Bonchev–Trinajstić information content (AvgIpc) is 3.57. The number of amides is 1. The molecule has 0 radical (unpaired) electrons. The van der Waals surface area contributed by atoms with Crippen molar-refractivity contribution in [3.05, 3.63) is 77.7 Å². The highest BCUT2D eigenvalue weighted by molar-refractivity contribution is 5.96. The standard InChI is InChI=1S/C29H36N6O2/c1-7-35-11-10-28(32-35)24-15-22(14-23(16-24)25-18-30-34(6)19-25)21(3)31-29(36)27-17-26(9-8-20(27)2)37-13-12-33(4)5/h8-11,14-19,21H,7,12-13H2,1-6H3,(H,31,36)/t21-/m1/s1/i2D3. The summed E-state index contributed by atoms with van der Waals surface area (Å²) in [6, 6.07) is 12.1. The quantitative estimate of drug-likeness (QED) is 0.339. The van der Waals surface area contributed by atoms with Crippen molar-refractivity contribution in [2.24, 2.45) is 7.05 Å². The number of nitrogens with one attached hydrogen (secondary N) is 1. The first-order valence-electron chi connectivity index (χ1n) is 13.9. The molecule has 2 aromatic carbocycles. The number of hydrogen-bond donors (Lipinski definition) is 1. The first kappa shape index (κ1) is 22.3. The van der Waals surface area contributed by atoms with E-state index in [2.05, 4.69) is 21.6 Å². The van der Waals surface area contributed by atoms with Crippen LogP contribution in [0.25, 0.3) is 22.4 Å². The Labute approximate surface area is 223 Å². The molecule has 2 aromatic heterocycles. The zero-order valence-corrected chi connectivity index (χ0v) is 22.0. The summed E-state index contributed by atoms with van der Waals surface area (Å²) in [4.78, 5) is 15.5. The summed E-state index contributed by atoms with van der Waals surface area (Å²) in [6.07, 6.45) is 5.66. The number of carbonyl (C=O) groups is 1. The van der Waals surface area contributed by atoms with Crippen LogP contribution in [0.1, 0.15) is 45.5 Å². The second-order valence-corrected chi connectivity index (χ2v) is 9.36. The molecular weight excluding hydrogens is 464 g/mol. The van der Waals surface area contributed by atoms with E-state index in [1.165, 1.54) is 12.1 Å². The molecule has 1 amide bonds. The molecule has 0 aliphatic heterocycles. The lowest BCUT2D eigenvalue weighted by Crippen LogP contribution is -2.27. The van der Waals surface area contributed by atoms with Crippen molar-refractivity contribution < 1.29 is 13.6 Å². The van der Waals surface area contributed by atoms with Crippen LogP contribution in [-0.2, 0) is 13.6 Å². The third kappa shape index (κ3) is 6.46. The molecule has 0 saturated carbocycles. The maximum atomic E-state index is 13.5. The molecule has 0 spiro atoms. The molecule has 0 bridgehead atoms. The van der Waals surface area contributed by atoms with E-state index in [1.807, 2.05) is 75.2 Å². The lowest BCUT2D eigenvalue weighted by molar-refractivity contribution is 0.0938. The molecule has 37 heavy (non-hydrogen) atoms. The van der Waals surface area contributed by atoms with Crippen LogP contribution in [0.2, 0.25) is 0 Å². The first-order valence-corrected chi connectivity index (χ1v) is 12.4. The van der Waals surface area contributed by atoms with Gasteiger partial charge in [0.25, 0.3) is 5.91 Å². The van der Waals surface area contributed by atoms with Crippen molar-refractivity contribution in [3.8, 4) is 28.1 Å². The zero-order chi connectivity index (χ0) is 29.0. The molecule has 0 aliphatic rings. The first-order chi connectivity index (χ1) is 18.9. The minimum Gasteiger partial charge on any atom is -0.492 e. The largest absolute Gasteiger partial charge is 0.492 e. The van der Waals surface area contributed by atoms with Crippen LogP contribution in [0, 0.1) is 6.85 Å². The lowest BCUT2D eigenvalue weighted by atomic mass is 9.96. The van der Waals surface area contributed by atoms with Crippen LogP contribution in [-0.4, -0.2) is 57.6 Å². The molecule has 8 nitrogen and oxygen atoms in total. The van der Waals surface area contributed by atoms with Crippen molar-refractivity contribution in [3.63, 3.8) is 0 Å². The van der Waals surface area contributed by atoms with Crippen molar-refractivity contribution >= 4 is 5.91 Å². The summed E-state index contributed by atoms with van der Waals surface area (Å²) in [5.74, 6) is -0.0414. The van der Waals surface area contributed by atoms with Crippen molar-refractivity contribution in [1.82, 2.24) is 29.8 Å². The van der Waals surface area contributed by atoms with Crippen molar-refractivity contribution in [1.29, 1.82) is 0 Å². The van der Waals surface area contributed by atoms with Crippen LogP contribution in [0.5, 0.6) is 5.75 Å². The number of benzene rings is 2. The maximum Gasteiger partial charge on any atom is 0.252 e. The van der Waals surface area contributed by atoms with E-state index >= 15 is 0 Å². The normalized spacial score (nSPS) is 13.6. The van der Waals surface area contributed by atoms with E-state index in [9.17, 15) is 4.79 Å². The van der Waals surface area contributed by atoms with E-state index in [0.717, 1.165) is 34.5 Å². The lowest BCUT2D eigenvalue weighted by Gasteiger charge is -2.18. The zero-order valence-electron chi connectivity index (χ0n) is 25.0. The highest BCUT2D eigenvalue weighted by Crippen LogP contribution is 2.30. The number of aromatic nitrogens is 4. The Morgan fingerprint density at radius 3 is 2.65 bits per heavy atom. The number of nitrogens with zero attached hydrogens (tertiary/aromatic N) is 5. The summed E-state index contributed by atoms with van der Waals surface area (Å²) in [5, 5.41) is 12.0. The molecule has 1 atom stereocenters. The van der Waals surface area contributed by atoms with E-state index in [-0.39, 0.29) is 11.1 Å². The van der Waals surface area contributed by atoms with Crippen LogP contribution < -0.4 is 10.1 Å². The minimum atomic E-state index is -2.45. The number of carbonyl (C=O) groups excluding carboxylic acids is 1. The Morgan fingerprint density at radius 2 is 1.97 bits per heavy atom. The van der Waals surface area contributed by atoms with Gasteiger partial charge in [-0.15, -0.1) is 0 Å². The van der Waals surface area contributed by atoms with Crippen LogP contribution >= 0.6 is 0 Å². The van der Waals surface area contributed by atoms with E-state index < -0.39 is 18.8 Å². The van der Waals surface area contributed by atoms with Gasteiger partial charge in [0.2, 0.25) is 0 Å². The van der Waals surface area contributed by atoms with Crippen molar-refractivity contribution in [2.75, 3.05) is 27.2 Å². The molecule has 0 fully saturated rings. The fourth-order valence-corrected chi connectivity index (χ4v) is 3.98. The fraction of sp³-hybridized carbons (Fsp3) is 0.345. The number of likely N-dealkylation sites (N-methyl/N-ethyl adjacent to an activating group) is 1. The van der Waals surface area contributed by atoms with Crippen LogP contribution in [0.4, 0.5) is 0 Å². The maximum absolute atomic E-state index is 13.5. The molecule has 0 saturated heterocycles. The van der Waals surface area contributed by atoms with Gasteiger partial charge in [0, 0.05) is 53.3 Å². The molecule has 0 unspecified atom stereocenters. The van der Waals surface area contributed by atoms with E-state index in [1.54, 1.807) is 16.9 Å². The van der Waals surface area contributed by atoms with Gasteiger partial charge in [-0.3, -0.25) is 14.2 Å². The Morgan fingerprint density at radius 1 is 1.16 bits per heavy atom. The van der Waals surface area contributed by atoms with Crippen LogP contribution in [0.15, 0.2) is 61.1 Å². The molecule has 2 heterocycles. The van der Waals surface area contributed by atoms with Crippen molar-refractivity contribution in [2.45, 2.75) is 33.3 Å². The van der Waals surface area contributed by atoms with Gasteiger partial charge in [0.1, 0.15) is 12.4 Å². The summed E-state index contributed by atoms with van der Waals surface area (Å²) in [7, 11) is 5.73. The Balaban J connectivity index is 1.66. The van der Waals surface area contributed by atoms with E-state index in [0.29, 0.717) is 18.9 Å². The Bertz CT molecular complexity index is 1470. The third-order valence-corrected chi connectivity index (χ3v) is 6.14. The summed E-state index contributed by atoms with van der Waals surface area (Å²) >= 11 is 0. The minimum absolute atomic E-state index is 0.0212. The molecule has 0 aliphatic carbocycles. The van der Waals surface area contributed by atoms with Gasteiger partial charge in [-0.05, 0) is 87.9 Å². The molecule has 4 rings (SSSR count). The van der Waals surface area contributed by atoms with Gasteiger partial charge < -0.3 is 15.0 Å². The number of hydrogen-bond acceptors (Lipinski definition) is 5. The smallest absolute Gasteiger partial charge is 0.252 e. The molecule has 1 N–H and O–H groups in total. The summed E-state index contributed by atoms with van der Waals surface area (Å²) in [6.45, 7) is 3.30. The second kappa shape index (κ2) is 11.4. The average molecular weight is 504 g/mol. The molecule has 4 aromatic rings. The number of aryl methyl sites for hydroxylation is 3. The van der Waals surface area contributed by atoms with Gasteiger partial charge in [0.15, 0.2) is 0 Å². The molecule has 8 heteroatoms. The van der Waals surface area contributed by atoms with Gasteiger partial charge in [-0.25, -0.2) is 0 Å². The highest BCUT2D eigenvalue weighted by atomic mass is 16.5. The monoisotopic (exact) mass is 503 g/mol. The van der Waals surface area contributed by atoms with Crippen LogP contribution in [0.3, 0.4) is 0 Å². The van der Waals surface area contributed by atoms with Gasteiger partial charge in [-0.1, -0.05) is 6.07 Å². The molecule has 194 valence electrons. The molecular formula is C29H36N6O2. The van der Waals surface area contributed by atoms with Gasteiger partial charge in [-0.2, -0.15) is 10.2 Å². The number of rotatable bonds is 10. The SMILES string of the molecule is [2H]C([2H])([2H])c1ccc(OCCN(C)C)cc1C(=O)N[C@H](C)c1cc(-c2cnn(C)c2)cc(-c2ccn(CC)n2)c1. The predicted molar refractivity (Wildman–Crippen MR) is 147 cm³/mol. The summed E-state index contributed by atoms with van der Waals surface area (Å²) in [5.41, 5.74) is 4.50. The van der Waals surface area contributed by atoms with Gasteiger partial charge in [0.05, 0.1) is 17.9 Å². The topological polar surface area (TPSA) is 77.2 Å². The summed E-state index contributed by atoms with van der Waals surface area (Å²) < 4.78 is 33.3. The Kier molecular flexibility index (Phi) is 6.89. The second-order valence-electron chi connectivity index (χ2n) is 9.36. The van der Waals surface area contributed by atoms with E-state index in [4.69, 9.17) is 8.85 Å². The highest BCUT2D eigenvalue weighted by Gasteiger charge is 2.17. The fourth-order valence-electron chi connectivity index (χ4n) is 3.98. The third-order valence-electron chi connectivity index (χ3n) is 6.14. The number of ether oxygens (including phenoxy) is 1. The Hall–Kier alpha value is -3.91. The van der Waals surface area contributed by atoms with Gasteiger partial charge >= 0.3 is 0 Å².